The van der Waals surface area contributed by atoms with Crippen molar-refractivity contribution in [3.05, 3.63) is 29.3 Å². The predicted octanol–water partition coefficient (Wildman–Crippen LogP) is 2.22. The minimum atomic E-state index is -0.00700. The summed E-state index contributed by atoms with van der Waals surface area (Å²) >= 11 is 0. The second-order valence-electron chi connectivity index (χ2n) is 4.88. The van der Waals surface area contributed by atoms with Crippen LogP contribution in [-0.2, 0) is 4.79 Å². The maximum absolute atomic E-state index is 11.6. The minimum absolute atomic E-state index is 0.00700. The number of carbonyl (C=O) groups excluding carboxylic acids is 1. The van der Waals surface area contributed by atoms with Crippen LogP contribution in [0, 0.1) is 6.92 Å². The van der Waals surface area contributed by atoms with Gasteiger partial charge in [-0.2, -0.15) is 0 Å². The molecule has 1 amide bonds. The van der Waals surface area contributed by atoms with Crippen LogP contribution in [0.15, 0.2) is 18.2 Å². The molecule has 0 aliphatic rings. The van der Waals surface area contributed by atoms with Gasteiger partial charge in [-0.1, -0.05) is 24.6 Å². The zero-order valence-electron chi connectivity index (χ0n) is 12.2. The van der Waals surface area contributed by atoms with Gasteiger partial charge in [-0.25, -0.2) is 0 Å². The van der Waals surface area contributed by atoms with Gasteiger partial charge in [0.25, 0.3) is 0 Å². The number of amides is 1. The van der Waals surface area contributed by atoms with Crippen LogP contribution < -0.4 is 5.32 Å². The predicted molar refractivity (Wildman–Crippen MR) is 77.2 cm³/mol. The van der Waals surface area contributed by atoms with E-state index in [0.717, 1.165) is 24.1 Å². The van der Waals surface area contributed by atoms with E-state index in [2.05, 4.69) is 17.1 Å². The Morgan fingerprint density at radius 3 is 2.74 bits per heavy atom. The first kappa shape index (κ1) is 15.5. The van der Waals surface area contributed by atoms with Crippen LogP contribution in [0.3, 0.4) is 0 Å². The summed E-state index contributed by atoms with van der Waals surface area (Å²) in [6, 6.07) is 5.59. The van der Waals surface area contributed by atoms with E-state index in [1.165, 1.54) is 0 Å². The molecule has 0 bridgehead atoms. The van der Waals surface area contributed by atoms with Crippen molar-refractivity contribution in [2.75, 3.05) is 20.1 Å². The molecular weight excluding hydrogens is 240 g/mol. The first-order valence-electron chi connectivity index (χ1n) is 6.73. The van der Waals surface area contributed by atoms with Gasteiger partial charge in [0.05, 0.1) is 6.54 Å². The number of nitrogens with zero attached hydrogens (tertiary/aromatic N) is 1. The lowest BCUT2D eigenvalue weighted by Gasteiger charge is -2.29. The van der Waals surface area contributed by atoms with E-state index in [9.17, 15) is 9.90 Å². The zero-order chi connectivity index (χ0) is 14.4. The van der Waals surface area contributed by atoms with Gasteiger partial charge in [0.15, 0.2) is 0 Å². The molecule has 0 aromatic heterocycles. The van der Waals surface area contributed by atoms with E-state index >= 15 is 0 Å². The SMILES string of the molecule is CCCN(CC(=O)NC)C(C)c1cc(C)ccc1O. The molecule has 0 saturated carbocycles. The van der Waals surface area contributed by atoms with Crippen molar-refractivity contribution >= 4 is 5.91 Å². The Kier molecular flexibility index (Phi) is 5.83. The Bertz CT molecular complexity index is 432. The lowest BCUT2D eigenvalue weighted by molar-refractivity contribution is -0.122. The Hall–Kier alpha value is -1.55. The normalized spacial score (nSPS) is 12.5. The molecule has 0 saturated heterocycles. The van der Waals surface area contributed by atoms with E-state index in [4.69, 9.17) is 0 Å². The summed E-state index contributed by atoms with van der Waals surface area (Å²) in [6.45, 7) is 7.27. The number of nitrogens with one attached hydrogen (secondary N) is 1. The molecule has 1 atom stereocenters. The molecule has 106 valence electrons. The molecule has 0 aliphatic carbocycles. The molecule has 1 unspecified atom stereocenters. The molecule has 2 N–H and O–H groups in total. The lowest BCUT2D eigenvalue weighted by atomic mass is 10.0. The summed E-state index contributed by atoms with van der Waals surface area (Å²) < 4.78 is 0. The fourth-order valence-electron chi connectivity index (χ4n) is 2.17. The average molecular weight is 264 g/mol. The van der Waals surface area contributed by atoms with E-state index in [0.29, 0.717) is 6.54 Å². The minimum Gasteiger partial charge on any atom is -0.508 e. The van der Waals surface area contributed by atoms with Crippen molar-refractivity contribution in [1.82, 2.24) is 10.2 Å². The van der Waals surface area contributed by atoms with Crippen molar-refractivity contribution in [3.8, 4) is 5.75 Å². The van der Waals surface area contributed by atoms with Gasteiger partial charge >= 0.3 is 0 Å². The van der Waals surface area contributed by atoms with E-state index in [1.807, 2.05) is 26.0 Å². The summed E-state index contributed by atoms with van der Waals surface area (Å²) in [4.78, 5) is 13.6. The van der Waals surface area contributed by atoms with Gasteiger partial charge in [-0.15, -0.1) is 0 Å². The number of phenols is 1. The van der Waals surface area contributed by atoms with Crippen LogP contribution in [-0.4, -0.2) is 36.1 Å². The molecule has 19 heavy (non-hydrogen) atoms. The first-order chi connectivity index (χ1) is 8.99. The third kappa shape index (κ3) is 4.24. The number of carbonyl (C=O) groups is 1. The number of hydrogen-bond donors (Lipinski definition) is 2. The van der Waals surface area contributed by atoms with E-state index in [-0.39, 0.29) is 17.7 Å². The second-order valence-corrected chi connectivity index (χ2v) is 4.88. The molecule has 0 aliphatic heterocycles. The number of likely N-dealkylation sites (N-methyl/N-ethyl adjacent to an activating group) is 1. The van der Waals surface area contributed by atoms with Crippen LogP contribution in [0.5, 0.6) is 5.75 Å². The highest BCUT2D eigenvalue weighted by molar-refractivity contribution is 5.77. The van der Waals surface area contributed by atoms with Crippen molar-refractivity contribution in [1.29, 1.82) is 0 Å². The molecular formula is C15H24N2O2. The molecule has 1 rings (SSSR count). The molecule has 0 radical (unpaired) electrons. The number of phenolic OH excluding ortho intramolecular Hbond substituents is 1. The molecule has 4 heteroatoms. The quantitative estimate of drug-likeness (QED) is 0.828. The van der Waals surface area contributed by atoms with E-state index in [1.54, 1.807) is 13.1 Å². The van der Waals surface area contributed by atoms with Gasteiger partial charge < -0.3 is 10.4 Å². The van der Waals surface area contributed by atoms with Gasteiger partial charge in [0.2, 0.25) is 5.91 Å². The summed E-state index contributed by atoms with van der Waals surface area (Å²) in [5.41, 5.74) is 1.98. The monoisotopic (exact) mass is 264 g/mol. The standard InChI is InChI=1S/C15H24N2O2/c1-5-8-17(10-15(19)16-4)12(3)13-9-11(2)6-7-14(13)18/h6-7,9,12,18H,5,8,10H2,1-4H3,(H,16,19). The fourth-order valence-corrected chi connectivity index (χ4v) is 2.17. The number of aromatic hydroxyl groups is 1. The van der Waals surface area contributed by atoms with Crippen molar-refractivity contribution in [2.45, 2.75) is 33.2 Å². The third-order valence-corrected chi connectivity index (χ3v) is 3.32. The highest BCUT2D eigenvalue weighted by Crippen LogP contribution is 2.29. The van der Waals surface area contributed by atoms with Crippen molar-refractivity contribution < 1.29 is 9.90 Å². The third-order valence-electron chi connectivity index (χ3n) is 3.32. The summed E-state index contributed by atoms with van der Waals surface area (Å²) in [5.74, 6) is 0.281. The Morgan fingerprint density at radius 2 is 2.16 bits per heavy atom. The summed E-state index contributed by atoms with van der Waals surface area (Å²) in [5, 5.41) is 12.6. The maximum Gasteiger partial charge on any atom is 0.233 e. The molecule has 1 aromatic carbocycles. The summed E-state index contributed by atoms with van der Waals surface area (Å²) in [7, 11) is 1.64. The molecule has 4 nitrogen and oxygen atoms in total. The number of hydrogen-bond acceptors (Lipinski definition) is 3. The zero-order valence-corrected chi connectivity index (χ0v) is 12.2. The van der Waals surface area contributed by atoms with Crippen molar-refractivity contribution in [3.63, 3.8) is 0 Å². The van der Waals surface area contributed by atoms with Gasteiger partial charge in [0, 0.05) is 18.7 Å². The topological polar surface area (TPSA) is 52.6 Å². The molecule has 1 aromatic rings. The second kappa shape index (κ2) is 7.14. The molecule has 0 heterocycles. The molecule has 0 fully saturated rings. The van der Waals surface area contributed by atoms with Gasteiger partial charge in [-0.3, -0.25) is 9.69 Å². The number of aryl methyl sites for hydroxylation is 1. The largest absolute Gasteiger partial charge is 0.508 e. The van der Waals surface area contributed by atoms with Crippen LogP contribution in [0.25, 0.3) is 0 Å². The Morgan fingerprint density at radius 1 is 1.47 bits per heavy atom. The highest BCUT2D eigenvalue weighted by atomic mass is 16.3. The van der Waals surface area contributed by atoms with Crippen LogP contribution >= 0.6 is 0 Å². The van der Waals surface area contributed by atoms with Crippen LogP contribution in [0.1, 0.15) is 37.4 Å². The number of rotatable bonds is 6. The van der Waals surface area contributed by atoms with Gasteiger partial charge in [-0.05, 0) is 32.9 Å². The van der Waals surface area contributed by atoms with Crippen LogP contribution in [0.4, 0.5) is 0 Å². The maximum atomic E-state index is 11.6. The summed E-state index contributed by atoms with van der Waals surface area (Å²) in [6.07, 6.45) is 0.966. The Labute approximate surface area is 115 Å². The Balaban J connectivity index is 2.94. The average Bonchev–Trinajstić information content (AvgIpc) is 2.40. The van der Waals surface area contributed by atoms with Crippen molar-refractivity contribution in [2.24, 2.45) is 0 Å². The number of benzene rings is 1. The van der Waals surface area contributed by atoms with Crippen LogP contribution in [0.2, 0.25) is 0 Å². The van der Waals surface area contributed by atoms with E-state index < -0.39 is 0 Å². The highest BCUT2D eigenvalue weighted by Gasteiger charge is 2.20. The first-order valence-corrected chi connectivity index (χ1v) is 6.73. The van der Waals surface area contributed by atoms with Gasteiger partial charge in [0.1, 0.15) is 5.75 Å². The lowest BCUT2D eigenvalue weighted by Crippen LogP contribution is -2.37. The fraction of sp³-hybridized carbons (Fsp3) is 0.533. The smallest absolute Gasteiger partial charge is 0.233 e. The molecule has 0 spiro atoms.